The number of carboxylic acids is 1. The van der Waals surface area contributed by atoms with Gasteiger partial charge in [0.1, 0.15) is 0 Å². The summed E-state index contributed by atoms with van der Waals surface area (Å²) in [6.45, 7) is 1.58. The highest BCUT2D eigenvalue weighted by Crippen LogP contribution is 2.02. The van der Waals surface area contributed by atoms with Crippen LogP contribution >= 0.6 is 0 Å². The van der Waals surface area contributed by atoms with Crippen molar-refractivity contribution in [2.24, 2.45) is 0 Å². The van der Waals surface area contributed by atoms with Gasteiger partial charge in [-0.2, -0.15) is 0 Å². The van der Waals surface area contributed by atoms with Gasteiger partial charge in [0.15, 0.2) is 0 Å². The van der Waals surface area contributed by atoms with Crippen molar-refractivity contribution < 1.29 is 9.90 Å². The maximum absolute atomic E-state index is 10.3. The Bertz CT molecular complexity index is 216. The highest BCUT2D eigenvalue weighted by molar-refractivity contribution is 5.68. The van der Waals surface area contributed by atoms with Crippen molar-refractivity contribution >= 4 is 5.97 Å². The standard InChI is InChI=1S/C7H9NO2/c1-6(7(9)10)8-4-2-3-5-8/h2-6H,1H3,(H,9,10)/p-1/t6-/m0/s1. The van der Waals surface area contributed by atoms with Crippen molar-refractivity contribution in [3.63, 3.8) is 0 Å². The third kappa shape index (κ3) is 1.18. The molecule has 1 heterocycles. The summed E-state index contributed by atoms with van der Waals surface area (Å²) in [6, 6.07) is 2.98. The lowest BCUT2D eigenvalue weighted by atomic mass is 10.3. The second-order valence-electron chi connectivity index (χ2n) is 2.13. The molecule has 0 aliphatic rings. The van der Waals surface area contributed by atoms with Gasteiger partial charge in [0.05, 0.1) is 12.0 Å². The molecule has 0 saturated carbocycles. The minimum Gasteiger partial charge on any atom is -0.548 e. The average molecular weight is 138 g/mol. The minimum atomic E-state index is -1.06. The largest absolute Gasteiger partial charge is 0.548 e. The molecule has 0 bridgehead atoms. The Balaban J connectivity index is 2.77. The molecule has 3 nitrogen and oxygen atoms in total. The molecule has 1 atom stereocenters. The molecular weight excluding hydrogens is 130 g/mol. The number of rotatable bonds is 2. The summed E-state index contributed by atoms with van der Waals surface area (Å²) in [4.78, 5) is 10.3. The van der Waals surface area contributed by atoms with Crippen molar-refractivity contribution in [1.82, 2.24) is 4.57 Å². The second-order valence-corrected chi connectivity index (χ2v) is 2.13. The zero-order valence-corrected chi connectivity index (χ0v) is 5.65. The van der Waals surface area contributed by atoms with Crippen molar-refractivity contribution in [1.29, 1.82) is 0 Å². The fourth-order valence-corrected chi connectivity index (χ4v) is 0.728. The van der Waals surface area contributed by atoms with E-state index in [0.717, 1.165) is 0 Å². The number of aliphatic carboxylic acids is 1. The van der Waals surface area contributed by atoms with Gasteiger partial charge in [-0.1, -0.05) is 0 Å². The normalized spacial score (nSPS) is 12.9. The van der Waals surface area contributed by atoms with E-state index in [2.05, 4.69) is 0 Å². The lowest BCUT2D eigenvalue weighted by Crippen LogP contribution is -2.30. The molecule has 0 spiro atoms. The van der Waals surface area contributed by atoms with E-state index in [9.17, 15) is 9.90 Å². The predicted octanol–water partition coefficient (Wildman–Crippen LogP) is -0.201. The van der Waals surface area contributed by atoms with Crippen LogP contribution in [0.5, 0.6) is 0 Å². The van der Waals surface area contributed by atoms with E-state index >= 15 is 0 Å². The van der Waals surface area contributed by atoms with E-state index in [1.807, 2.05) is 0 Å². The molecule has 1 aromatic heterocycles. The van der Waals surface area contributed by atoms with E-state index < -0.39 is 12.0 Å². The third-order valence-corrected chi connectivity index (χ3v) is 1.42. The quantitative estimate of drug-likeness (QED) is 0.568. The number of carbonyl (C=O) groups is 1. The summed E-state index contributed by atoms with van der Waals surface area (Å²) >= 11 is 0. The van der Waals surface area contributed by atoms with Crippen LogP contribution in [0, 0.1) is 0 Å². The first-order valence-corrected chi connectivity index (χ1v) is 3.05. The second kappa shape index (κ2) is 2.56. The molecule has 0 unspecified atom stereocenters. The van der Waals surface area contributed by atoms with Gasteiger partial charge in [-0.3, -0.25) is 0 Å². The molecule has 0 amide bonds. The van der Waals surface area contributed by atoms with E-state index in [4.69, 9.17) is 0 Å². The van der Waals surface area contributed by atoms with Gasteiger partial charge in [0.25, 0.3) is 0 Å². The highest BCUT2D eigenvalue weighted by Gasteiger charge is 2.01. The van der Waals surface area contributed by atoms with Gasteiger partial charge in [0, 0.05) is 12.4 Å². The van der Waals surface area contributed by atoms with Crippen molar-refractivity contribution in [3.05, 3.63) is 24.5 Å². The molecule has 0 aromatic carbocycles. The molecule has 0 aliphatic carbocycles. The summed E-state index contributed by atoms with van der Waals surface area (Å²) in [6.07, 6.45) is 3.39. The molecule has 0 N–H and O–H groups in total. The first-order chi connectivity index (χ1) is 4.72. The van der Waals surface area contributed by atoms with Crippen LogP contribution in [0.4, 0.5) is 0 Å². The summed E-state index contributed by atoms with van der Waals surface area (Å²) in [7, 11) is 0. The van der Waals surface area contributed by atoms with Crippen LogP contribution in [0.2, 0.25) is 0 Å². The number of aromatic nitrogens is 1. The topological polar surface area (TPSA) is 45.1 Å². The number of nitrogens with zero attached hydrogens (tertiary/aromatic N) is 1. The smallest absolute Gasteiger partial charge is 0.0696 e. The highest BCUT2D eigenvalue weighted by atomic mass is 16.4. The maximum atomic E-state index is 10.3. The van der Waals surface area contributed by atoms with E-state index in [1.165, 1.54) is 0 Å². The summed E-state index contributed by atoms with van der Waals surface area (Å²) in [5.41, 5.74) is 0. The Morgan fingerprint density at radius 1 is 1.50 bits per heavy atom. The first-order valence-electron chi connectivity index (χ1n) is 3.05. The van der Waals surface area contributed by atoms with Gasteiger partial charge in [-0.15, -0.1) is 0 Å². The molecule has 3 heteroatoms. The van der Waals surface area contributed by atoms with Crippen LogP contribution in [-0.4, -0.2) is 10.5 Å². The van der Waals surface area contributed by atoms with Crippen LogP contribution < -0.4 is 5.11 Å². The summed E-state index contributed by atoms with van der Waals surface area (Å²) in [5.74, 6) is -1.06. The van der Waals surface area contributed by atoms with E-state index in [0.29, 0.717) is 0 Å². The maximum Gasteiger partial charge on any atom is 0.0696 e. The molecule has 0 radical (unpaired) electrons. The molecule has 1 aromatic rings. The zero-order valence-electron chi connectivity index (χ0n) is 5.65. The average Bonchev–Trinajstić information content (AvgIpc) is 2.36. The van der Waals surface area contributed by atoms with E-state index in [1.54, 1.807) is 36.0 Å². The fraction of sp³-hybridized carbons (Fsp3) is 0.286. The van der Waals surface area contributed by atoms with Crippen LogP contribution in [0.25, 0.3) is 0 Å². The van der Waals surface area contributed by atoms with Crippen molar-refractivity contribution in [2.45, 2.75) is 13.0 Å². The van der Waals surface area contributed by atoms with Crippen molar-refractivity contribution in [2.75, 3.05) is 0 Å². The number of carboxylic acid groups (broad SMARTS) is 1. The molecule has 0 saturated heterocycles. The number of carbonyl (C=O) groups excluding carboxylic acids is 1. The molecular formula is C7H8NO2-. The molecule has 0 aliphatic heterocycles. The zero-order chi connectivity index (χ0) is 7.56. The van der Waals surface area contributed by atoms with Gasteiger partial charge in [-0.05, 0) is 19.1 Å². The molecule has 54 valence electrons. The van der Waals surface area contributed by atoms with Crippen molar-refractivity contribution in [3.8, 4) is 0 Å². The SMILES string of the molecule is C[C@@H](C(=O)[O-])n1cccc1. The van der Waals surface area contributed by atoms with Gasteiger partial charge in [-0.25, -0.2) is 0 Å². The minimum absolute atomic E-state index is 0.574. The van der Waals surface area contributed by atoms with Gasteiger partial charge in [0.2, 0.25) is 0 Å². The molecule has 0 fully saturated rings. The summed E-state index contributed by atoms with van der Waals surface area (Å²) < 4.78 is 1.58. The Labute approximate surface area is 58.9 Å². The lowest BCUT2D eigenvalue weighted by Gasteiger charge is -2.13. The van der Waals surface area contributed by atoms with Gasteiger partial charge >= 0.3 is 0 Å². The molecule has 1 rings (SSSR count). The lowest BCUT2D eigenvalue weighted by molar-refractivity contribution is -0.309. The third-order valence-electron chi connectivity index (χ3n) is 1.42. The Kier molecular flexibility index (Phi) is 1.76. The first kappa shape index (κ1) is 6.86. The van der Waals surface area contributed by atoms with Gasteiger partial charge < -0.3 is 14.5 Å². The number of hydrogen-bond donors (Lipinski definition) is 0. The fourth-order valence-electron chi connectivity index (χ4n) is 0.728. The van der Waals surface area contributed by atoms with Crippen LogP contribution in [-0.2, 0) is 4.79 Å². The van der Waals surface area contributed by atoms with Crippen LogP contribution in [0.15, 0.2) is 24.5 Å². The van der Waals surface area contributed by atoms with Crippen LogP contribution in [0.1, 0.15) is 13.0 Å². The summed E-state index contributed by atoms with van der Waals surface area (Å²) in [5, 5.41) is 10.3. The predicted molar refractivity (Wildman–Crippen MR) is 34.1 cm³/mol. The molecule has 10 heavy (non-hydrogen) atoms. The monoisotopic (exact) mass is 138 g/mol. The Hall–Kier alpha value is -1.25. The number of hydrogen-bond acceptors (Lipinski definition) is 2. The van der Waals surface area contributed by atoms with Crippen LogP contribution in [0.3, 0.4) is 0 Å². The Morgan fingerprint density at radius 2 is 2.00 bits per heavy atom. The van der Waals surface area contributed by atoms with E-state index in [-0.39, 0.29) is 0 Å². The Morgan fingerprint density at radius 3 is 2.40 bits per heavy atom.